The van der Waals surface area contributed by atoms with Crippen molar-refractivity contribution in [1.82, 2.24) is 0 Å². The van der Waals surface area contributed by atoms with Crippen molar-refractivity contribution in [2.24, 2.45) is 0 Å². The summed E-state index contributed by atoms with van der Waals surface area (Å²) in [7, 11) is 0. The van der Waals surface area contributed by atoms with Gasteiger partial charge in [0.2, 0.25) is 0 Å². The van der Waals surface area contributed by atoms with E-state index in [1.165, 1.54) is 0 Å². The molecule has 2 rings (SSSR count). The lowest BCUT2D eigenvalue weighted by Crippen LogP contribution is -2.12. The van der Waals surface area contributed by atoms with Gasteiger partial charge in [-0.2, -0.15) is 0 Å². The quantitative estimate of drug-likeness (QED) is 0.684. The van der Waals surface area contributed by atoms with Gasteiger partial charge in [0.05, 0.1) is 15.6 Å². The number of anilines is 1. The normalized spacial score (nSPS) is 10.3. The predicted molar refractivity (Wildman–Crippen MR) is 85.8 cm³/mol. The largest absolute Gasteiger partial charge is 0.322 e. The van der Waals surface area contributed by atoms with Crippen LogP contribution in [0.1, 0.15) is 10.4 Å². The molecule has 1 amide bonds. The van der Waals surface area contributed by atoms with Crippen LogP contribution in [0.4, 0.5) is 5.69 Å². The van der Waals surface area contributed by atoms with Crippen LogP contribution in [-0.4, -0.2) is 5.91 Å². The molecule has 19 heavy (non-hydrogen) atoms. The second-order valence-electron chi connectivity index (χ2n) is 3.75. The van der Waals surface area contributed by atoms with Crippen LogP contribution in [0.25, 0.3) is 0 Å². The van der Waals surface area contributed by atoms with Crippen LogP contribution < -0.4 is 5.32 Å². The minimum absolute atomic E-state index is 0.306. The molecule has 0 aliphatic rings. The zero-order valence-corrected chi connectivity index (χ0v) is 13.4. The maximum absolute atomic E-state index is 12.1. The van der Waals surface area contributed by atoms with Gasteiger partial charge in [0.25, 0.3) is 5.91 Å². The number of carbonyl (C=O) groups excluding carboxylic acids is 1. The average Bonchev–Trinajstić information content (AvgIpc) is 2.36. The van der Waals surface area contributed by atoms with E-state index in [0.717, 1.165) is 4.47 Å². The lowest BCUT2D eigenvalue weighted by molar-refractivity contribution is 0.102. The molecule has 0 aliphatic heterocycles. The minimum Gasteiger partial charge on any atom is -0.322 e. The van der Waals surface area contributed by atoms with Crippen LogP contribution in [0, 0.1) is 0 Å². The number of hydrogen-bond donors (Lipinski definition) is 2. The fourth-order valence-electron chi connectivity index (χ4n) is 1.46. The molecule has 0 unspecified atom stereocenters. The van der Waals surface area contributed by atoms with Crippen molar-refractivity contribution in [2.45, 2.75) is 4.90 Å². The van der Waals surface area contributed by atoms with Gasteiger partial charge >= 0.3 is 0 Å². The van der Waals surface area contributed by atoms with Crippen LogP contribution in [0.3, 0.4) is 0 Å². The molecule has 0 saturated heterocycles. The molecular weight excluding hydrogens is 369 g/mol. The Morgan fingerprint density at radius 2 is 1.84 bits per heavy atom. The average molecular weight is 377 g/mol. The Balaban J connectivity index is 2.25. The van der Waals surface area contributed by atoms with Gasteiger partial charge in [-0.1, -0.05) is 23.2 Å². The highest BCUT2D eigenvalue weighted by Crippen LogP contribution is 2.26. The van der Waals surface area contributed by atoms with E-state index >= 15 is 0 Å². The van der Waals surface area contributed by atoms with E-state index in [9.17, 15) is 4.79 Å². The van der Waals surface area contributed by atoms with Crippen LogP contribution in [0.2, 0.25) is 10.0 Å². The first-order valence-corrected chi connectivity index (χ1v) is 7.22. The number of rotatable bonds is 2. The van der Waals surface area contributed by atoms with E-state index < -0.39 is 0 Å². The van der Waals surface area contributed by atoms with Crippen molar-refractivity contribution in [3.63, 3.8) is 0 Å². The van der Waals surface area contributed by atoms with Gasteiger partial charge in [-0.15, -0.1) is 12.6 Å². The molecule has 0 heterocycles. The highest BCUT2D eigenvalue weighted by Gasteiger charge is 2.11. The zero-order valence-electron chi connectivity index (χ0n) is 9.45. The van der Waals surface area contributed by atoms with Gasteiger partial charge in [-0.05, 0) is 52.3 Å². The Morgan fingerprint density at radius 1 is 1.11 bits per heavy atom. The first kappa shape index (κ1) is 14.7. The highest BCUT2D eigenvalue weighted by atomic mass is 79.9. The van der Waals surface area contributed by atoms with Gasteiger partial charge in [0, 0.05) is 15.1 Å². The Bertz CT molecular complexity index is 649. The molecule has 0 aromatic heterocycles. The monoisotopic (exact) mass is 375 g/mol. The van der Waals surface area contributed by atoms with Crippen molar-refractivity contribution in [3.8, 4) is 0 Å². The fourth-order valence-corrected chi connectivity index (χ4v) is 2.29. The number of thiol groups is 1. The Labute approximate surface area is 134 Å². The first-order chi connectivity index (χ1) is 8.97. The molecule has 2 aromatic carbocycles. The topological polar surface area (TPSA) is 29.1 Å². The van der Waals surface area contributed by atoms with Crippen LogP contribution >= 0.6 is 51.8 Å². The van der Waals surface area contributed by atoms with Crippen LogP contribution in [0.5, 0.6) is 0 Å². The fraction of sp³-hybridized carbons (Fsp3) is 0. The molecule has 1 N–H and O–H groups in total. The van der Waals surface area contributed by atoms with Crippen molar-refractivity contribution in [2.75, 3.05) is 5.32 Å². The predicted octanol–water partition coefficient (Wildman–Crippen LogP) is 5.30. The Hall–Kier alpha value is -0.680. The second-order valence-corrected chi connectivity index (χ2v) is 5.93. The molecule has 0 bridgehead atoms. The maximum atomic E-state index is 12.1. The molecule has 0 aliphatic carbocycles. The molecule has 0 atom stereocenters. The molecule has 2 nitrogen and oxygen atoms in total. The van der Waals surface area contributed by atoms with Gasteiger partial charge in [-0.25, -0.2) is 0 Å². The zero-order chi connectivity index (χ0) is 14.0. The third-order valence-electron chi connectivity index (χ3n) is 2.37. The van der Waals surface area contributed by atoms with Gasteiger partial charge < -0.3 is 5.32 Å². The highest BCUT2D eigenvalue weighted by molar-refractivity contribution is 9.10. The summed E-state index contributed by atoms with van der Waals surface area (Å²) < 4.78 is 0.766. The lowest BCUT2D eigenvalue weighted by Gasteiger charge is -2.08. The third kappa shape index (κ3) is 3.66. The number of carbonyl (C=O) groups is 1. The molecule has 0 radical (unpaired) electrons. The van der Waals surface area contributed by atoms with Gasteiger partial charge in [0.15, 0.2) is 0 Å². The second kappa shape index (κ2) is 6.18. The number of halogens is 3. The van der Waals surface area contributed by atoms with Crippen LogP contribution in [0.15, 0.2) is 45.8 Å². The summed E-state index contributed by atoms with van der Waals surface area (Å²) in [4.78, 5) is 12.8. The van der Waals surface area contributed by atoms with Crippen LogP contribution in [-0.2, 0) is 0 Å². The summed E-state index contributed by atoms with van der Waals surface area (Å²) in [5, 5.41) is 3.63. The van der Waals surface area contributed by atoms with E-state index in [-0.39, 0.29) is 5.91 Å². The Kier molecular flexibility index (Phi) is 4.79. The minimum atomic E-state index is -0.306. The number of hydrogen-bond acceptors (Lipinski definition) is 2. The molecule has 0 saturated carbocycles. The van der Waals surface area contributed by atoms with E-state index in [0.29, 0.717) is 26.2 Å². The van der Waals surface area contributed by atoms with Gasteiger partial charge in [-0.3, -0.25) is 4.79 Å². The first-order valence-electron chi connectivity index (χ1n) is 5.22. The van der Waals surface area contributed by atoms with E-state index in [2.05, 4.69) is 33.9 Å². The summed E-state index contributed by atoms with van der Waals surface area (Å²) >= 11 is 19.4. The summed E-state index contributed by atoms with van der Waals surface area (Å²) in [5.74, 6) is -0.306. The summed E-state index contributed by atoms with van der Waals surface area (Å²) in [5.41, 5.74) is 0.965. The van der Waals surface area contributed by atoms with Crippen molar-refractivity contribution in [3.05, 3.63) is 56.5 Å². The molecule has 2 aromatic rings. The maximum Gasteiger partial charge on any atom is 0.257 e. The van der Waals surface area contributed by atoms with E-state index in [1.807, 2.05) is 0 Å². The smallest absolute Gasteiger partial charge is 0.257 e. The molecule has 98 valence electrons. The van der Waals surface area contributed by atoms with E-state index in [1.54, 1.807) is 36.4 Å². The number of nitrogens with one attached hydrogen (secondary N) is 1. The SMILES string of the molecule is O=C(Nc1ccc(Br)c(Cl)c1)c1cc(S)ccc1Cl. The molecular formula is C13H8BrCl2NOS. The molecule has 0 fully saturated rings. The summed E-state index contributed by atoms with van der Waals surface area (Å²) in [6.45, 7) is 0. The molecule has 0 spiro atoms. The lowest BCUT2D eigenvalue weighted by atomic mass is 10.2. The van der Waals surface area contributed by atoms with Crippen molar-refractivity contribution >= 4 is 63.4 Å². The van der Waals surface area contributed by atoms with Crippen molar-refractivity contribution in [1.29, 1.82) is 0 Å². The van der Waals surface area contributed by atoms with E-state index in [4.69, 9.17) is 23.2 Å². The standard InChI is InChI=1S/C13H8BrCl2NOS/c14-10-3-1-7(5-12(10)16)17-13(18)9-6-8(19)2-4-11(9)15/h1-6,19H,(H,17,18). The molecule has 6 heteroatoms. The summed E-state index contributed by atoms with van der Waals surface area (Å²) in [6.07, 6.45) is 0. The third-order valence-corrected chi connectivity index (χ3v) is 4.21. The Morgan fingerprint density at radius 3 is 2.53 bits per heavy atom. The summed E-state index contributed by atoms with van der Waals surface area (Å²) in [6, 6.07) is 10.1. The van der Waals surface area contributed by atoms with Crippen molar-refractivity contribution < 1.29 is 4.79 Å². The van der Waals surface area contributed by atoms with Gasteiger partial charge in [0.1, 0.15) is 0 Å². The number of benzene rings is 2. The number of amides is 1.